The summed E-state index contributed by atoms with van der Waals surface area (Å²) < 4.78 is 5.35. The van der Waals surface area contributed by atoms with Gasteiger partial charge < -0.3 is 15.4 Å². The number of rotatable bonds is 7. The Labute approximate surface area is 159 Å². The largest absolute Gasteiger partial charge is 0.384 e. The fraction of sp³-hybridized carbons (Fsp3) is 0.350. The molecule has 138 valence electrons. The van der Waals surface area contributed by atoms with Crippen LogP contribution in [0, 0.1) is 0 Å². The van der Waals surface area contributed by atoms with Crippen LogP contribution in [-0.2, 0) is 16.0 Å². The van der Waals surface area contributed by atoms with Gasteiger partial charge in [0.15, 0.2) is 0 Å². The van der Waals surface area contributed by atoms with Crippen LogP contribution in [-0.4, -0.2) is 50.2 Å². The molecule has 2 aromatic rings. The first-order valence-electron chi connectivity index (χ1n) is 8.87. The SMILES string of the molecule is O=C(Cc1ccc(Cl)cc1)Nc1ccc(NCCN2CCOCC2)cc1. The molecule has 1 heterocycles. The number of amides is 1. The molecule has 0 unspecified atom stereocenters. The van der Waals surface area contributed by atoms with Gasteiger partial charge in [0.2, 0.25) is 5.91 Å². The summed E-state index contributed by atoms with van der Waals surface area (Å²) in [5, 5.41) is 7.00. The first-order valence-corrected chi connectivity index (χ1v) is 9.25. The molecule has 1 fully saturated rings. The van der Waals surface area contributed by atoms with Gasteiger partial charge in [0.05, 0.1) is 19.6 Å². The van der Waals surface area contributed by atoms with E-state index >= 15 is 0 Å². The van der Waals surface area contributed by atoms with Crippen molar-refractivity contribution < 1.29 is 9.53 Å². The quantitative estimate of drug-likeness (QED) is 0.782. The summed E-state index contributed by atoms with van der Waals surface area (Å²) >= 11 is 5.86. The number of nitrogens with zero attached hydrogens (tertiary/aromatic N) is 1. The first-order chi connectivity index (χ1) is 12.7. The van der Waals surface area contributed by atoms with Crippen molar-refractivity contribution in [3.63, 3.8) is 0 Å². The molecule has 3 rings (SSSR count). The van der Waals surface area contributed by atoms with Crippen LogP contribution in [0.4, 0.5) is 11.4 Å². The lowest BCUT2D eigenvalue weighted by Gasteiger charge is -2.26. The molecule has 26 heavy (non-hydrogen) atoms. The van der Waals surface area contributed by atoms with Gasteiger partial charge in [0.25, 0.3) is 0 Å². The topological polar surface area (TPSA) is 53.6 Å². The molecule has 0 aromatic heterocycles. The zero-order chi connectivity index (χ0) is 18.2. The van der Waals surface area contributed by atoms with Crippen molar-refractivity contribution in [1.82, 2.24) is 4.90 Å². The van der Waals surface area contributed by atoms with Crippen LogP contribution < -0.4 is 10.6 Å². The minimum atomic E-state index is -0.0413. The maximum Gasteiger partial charge on any atom is 0.228 e. The van der Waals surface area contributed by atoms with Crippen molar-refractivity contribution in [2.75, 3.05) is 50.0 Å². The van der Waals surface area contributed by atoms with E-state index in [1.807, 2.05) is 36.4 Å². The van der Waals surface area contributed by atoms with Gasteiger partial charge in [0, 0.05) is 42.6 Å². The summed E-state index contributed by atoms with van der Waals surface area (Å²) in [5.74, 6) is -0.0413. The molecule has 0 bridgehead atoms. The Morgan fingerprint density at radius 2 is 1.65 bits per heavy atom. The number of hydrogen-bond acceptors (Lipinski definition) is 4. The molecule has 0 spiro atoms. The molecule has 1 aliphatic heterocycles. The number of nitrogens with one attached hydrogen (secondary N) is 2. The molecule has 2 aromatic carbocycles. The van der Waals surface area contributed by atoms with Gasteiger partial charge in [-0.3, -0.25) is 9.69 Å². The van der Waals surface area contributed by atoms with Crippen molar-refractivity contribution in [1.29, 1.82) is 0 Å². The smallest absolute Gasteiger partial charge is 0.228 e. The van der Waals surface area contributed by atoms with Crippen molar-refractivity contribution in [2.24, 2.45) is 0 Å². The third-order valence-electron chi connectivity index (χ3n) is 4.31. The molecule has 0 radical (unpaired) electrons. The zero-order valence-electron chi connectivity index (χ0n) is 14.7. The van der Waals surface area contributed by atoms with E-state index in [9.17, 15) is 4.79 Å². The fourth-order valence-corrected chi connectivity index (χ4v) is 2.97. The van der Waals surface area contributed by atoms with E-state index in [2.05, 4.69) is 15.5 Å². The second-order valence-electron chi connectivity index (χ2n) is 6.31. The van der Waals surface area contributed by atoms with Gasteiger partial charge in [-0.05, 0) is 42.0 Å². The predicted octanol–water partition coefficient (Wildman–Crippen LogP) is 3.27. The Balaban J connectivity index is 1.41. The Hall–Kier alpha value is -2.08. The molecule has 1 saturated heterocycles. The second kappa shape index (κ2) is 9.57. The fourth-order valence-electron chi connectivity index (χ4n) is 2.85. The highest BCUT2D eigenvalue weighted by atomic mass is 35.5. The number of ether oxygens (including phenoxy) is 1. The van der Waals surface area contributed by atoms with Gasteiger partial charge in [-0.1, -0.05) is 23.7 Å². The van der Waals surface area contributed by atoms with Crippen LogP contribution in [0.25, 0.3) is 0 Å². The summed E-state index contributed by atoms with van der Waals surface area (Å²) in [4.78, 5) is 14.5. The lowest BCUT2D eigenvalue weighted by Crippen LogP contribution is -2.38. The Kier molecular flexibility index (Phi) is 6.89. The van der Waals surface area contributed by atoms with Crippen LogP contribution in [0.5, 0.6) is 0 Å². The summed E-state index contributed by atoms with van der Waals surface area (Å²) in [6.07, 6.45) is 0.330. The van der Waals surface area contributed by atoms with Gasteiger partial charge >= 0.3 is 0 Å². The zero-order valence-corrected chi connectivity index (χ0v) is 15.5. The van der Waals surface area contributed by atoms with Gasteiger partial charge in [-0.15, -0.1) is 0 Å². The van der Waals surface area contributed by atoms with Crippen molar-refractivity contribution in [3.8, 4) is 0 Å². The van der Waals surface area contributed by atoms with Crippen LogP contribution in [0.1, 0.15) is 5.56 Å². The number of halogens is 1. The summed E-state index contributed by atoms with van der Waals surface area (Å²) in [7, 11) is 0. The molecule has 6 heteroatoms. The normalized spacial score (nSPS) is 14.8. The van der Waals surface area contributed by atoms with E-state index in [0.717, 1.165) is 56.3 Å². The average Bonchev–Trinajstić information content (AvgIpc) is 2.66. The van der Waals surface area contributed by atoms with Crippen molar-refractivity contribution in [3.05, 3.63) is 59.1 Å². The van der Waals surface area contributed by atoms with E-state index in [1.54, 1.807) is 12.1 Å². The molecule has 0 saturated carbocycles. The third-order valence-corrected chi connectivity index (χ3v) is 4.56. The summed E-state index contributed by atoms with van der Waals surface area (Å²) in [5.41, 5.74) is 2.78. The van der Waals surface area contributed by atoms with Gasteiger partial charge in [-0.25, -0.2) is 0 Å². The van der Waals surface area contributed by atoms with Crippen molar-refractivity contribution in [2.45, 2.75) is 6.42 Å². The molecule has 1 amide bonds. The van der Waals surface area contributed by atoms with E-state index in [0.29, 0.717) is 11.4 Å². The van der Waals surface area contributed by atoms with E-state index in [-0.39, 0.29) is 5.91 Å². The maximum absolute atomic E-state index is 12.1. The van der Waals surface area contributed by atoms with Gasteiger partial charge in [-0.2, -0.15) is 0 Å². The van der Waals surface area contributed by atoms with Gasteiger partial charge in [0.1, 0.15) is 0 Å². The number of morpholine rings is 1. The molecule has 2 N–H and O–H groups in total. The number of anilines is 2. The molecule has 5 nitrogen and oxygen atoms in total. The van der Waals surface area contributed by atoms with E-state index in [4.69, 9.17) is 16.3 Å². The van der Waals surface area contributed by atoms with Crippen LogP contribution in [0.15, 0.2) is 48.5 Å². The van der Waals surface area contributed by atoms with Crippen LogP contribution in [0.2, 0.25) is 5.02 Å². The van der Waals surface area contributed by atoms with E-state index in [1.165, 1.54) is 0 Å². The van der Waals surface area contributed by atoms with Crippen LogP contribution in [0.3, 0.4) is 0 Å². The molecule has 0 aliphatic carbocycles. The highest BCUT2D eigenvalue weighted by molar-refractivity contribution is 6.30. The Morgan fingerprint density at radius 1 is 1.00 bits per heavy atom. The number of carbonyl (C=O) groups is 1. The standard InChI is InChI=1S/C20H24ClN3O2/c21-17-3-1-16(2-4-17)15-20(25)23-19-7-5-18(6-8-19)22-9-10-24-11-13-26-14-12-24/h1-8,22H,9-15H2,(H,23,25). The van der Waals surface area contributed by atoms with Crippen LogP contribution >= 0.6 is 11.6 Å². The minimum absolute atomic E-state index is 0.0413. The maximum atomic E-state index is 12.1. The number of carbonyl (C=O) groups excluding carboxylic acids is 1. The summed E-state index contributed by atoms with van der Waals surface area (Å²) in [6.45, 7) is 5.54. The average molecular weight is 374 g/mol. The number of hydrogen-bond donors (Lipinski definition) is 2. The summed E-state index contributed by atoms with van der Waals surface area (Å²) in [6, 6.07) is 15.1. The van der Waals surface area contributed by atoms with Crippen molar-refractivity contribution >= 4 is 28.9 Å². The number of benzene rings is 2. The van der Waals surface area contributed by atoms with E-state index < -0.39 is 0 Å². The monoisotopic (exact) mass is 373 g/mol. The Bertz CT molecular complexity index is 698. The third kappa shape index (κ3) is 6.02. The predicted molar refractivity (Wildman–Crippen MR) is 106 cm³/mol. The highest BCUT2D eigenvalue weighted by Crippen LogP contribution is 2.15. The Morgan fingerprint density at radius 3 is 2.35 bits per heavy atom. The molecular weight excluding hydrogens is 350 g/mol. The second-order valence-corrected chi connectivity index (χ2v) is 6.75. The highest BCUT2D eigenvalue weighted by Gasteiger charge is 2.09. The molecular formula is C20H24ClN3O2. The lowest BCUT2D eigenvalue weighted by molar-refractivity contribution is -0.115. The lowest BCUT2D eigenvalue weighted by atomic mass is 10.1. The minimum Gasteiger partial charge on any atom is -0.384 e. The molecule has 0 atom stereocenters. The first kappa shape index (κ1) is 18.7. The molecule has 1 aliphatic rings.